The van der Waals surface area contributed by atoms with Crippen LogP contribution in [0.2, 0.25) is 0 Å². The lowest BCUT2D eigenvalue weighted by Gasteiger charge is -1.78. The summed E-state index contributed by atoms with van der Waals surface area (Å²) in [6.45, 7) is 0.528. The first-order chi connectivity index (χ1) is 4.43. The Morgan fingerprint density at radius 3 is 3.22 bits per heavy atom. The van der Waals surface area contributed by atoms with Gasteiger partial charge in [-0.25, -0.2) is 4.98 Å². The average molecular weight is 124 g/mol. The summed E-state index contributed by atoms with van der Waals surface area (Å²) >= 11 is 0. The molecule has 1 rings (SSSR count). The molecule has 0 fully saturated rings. The van der Waals surface area contributed by atoms with Crippen molar-refractivity contribution >= 4 is 6.08 Å². The van der Waals surface area contributed by atoms with Crippen LogP contribution in [0.5, 0.6) is 0 Å². The molecule has 3 heteroatoms. The molecule has 48 valence electrons. The summed E-state index contributed by atoms with van der Waals surface area (Å²) in [4.78, 5) is 3.72. The van der Waals surface area contributed by atoms with Crippen molar-refractivity contribution in [3.8, 4) is 0 Å². The summed E-state index contributed by atoms with van der Waals surface area (Å²) < 4.78 is 4.88. The highest BCUT2D eigenvalue weighted by molar-refractivity contribution is 5.40. The Hall–Kier alpha value is -1.09. The molecule has 0 aromatic carbocycles. The monoisotopic (exact) mass is 124 g/mol. The van der Waals surface area contributed by atoms with Gasteiger partial charge in [0.15, 0.2) is 6.39 Å². The molecule has 1 aromatic rings. The summed E-state index contributed by atoms with van der Waals surface area (Å²) in [5, 5.41) is 0. The number of nitrogens with zero attached hydrogens (tertiary/aromatic N) is 1. The maximum absolute atomic E-state index is 5.20. The van der Waals surface area contributed by atoms with Crippen LogP contribution >= 0.6 is 0 Å². The molecule has 0 saturated carbocycles. The van der Waals surface area contributed by atoms with Gasteiger partial charge in [0.1, 0.15) is 5.76 Å². The van der Waals surface area contributed by atoms with E-state index in [1.807, 2.05) is 0 Å². The van der Waals surface area contributed by atoms with E-state index in [1.54, 1.807) is 18.3 Å². The van der Waals surface area contributed by atoms with Crippen LogP contribution in [0.4, 0.5) is 0 Å². The fourth-order valence-electron chi connectivity index (χ4n) is 0.492. The molecule has 1 aromatic heterocycles. The second-order valence-corrected chi connectivity index (χ2v) is 1.54. The molecule has 0 radical (unpaired) electrons. The van der Waals surface area contributed by atoms with Crippen LogP contribution in [0, 0.1) is 0 Å². The largest absolute Gasteiger partial charge is 0.444 e. The summed E-state index contributed by atoms with van der Waals surface area (Å²) in [6.07, 6.45) is 6.61. The van der Waals surface area contributed by atoms with Gasteiger partial charge in [-0.1, -0.05) is 6.08 Å². The summed E-state index contributed by atoms with van der Waals surface area (Å²) in [5.41, 5.74) is 5.20. The van der Waals surface area contributed by atoms with Crippen molar-refractivity contribution in [2.75, 3.05) is 6.54 Å². The number of oxazole rings is 1. The first-order valence-electron chi connectivity index (χ1n) is 2.68. The molecule has 0 aliphatic carbocycles. The zero-order valence-corrected chi connectivity index (χ0v) is 4.95. The molecule has 0 aliphatic heterocycles. The zero-order chi connectivity index (χ0) is 6.53. The van der Waals surface area contributed by atoms with E-state index in [4.69, 9.17) is 10.2 Å². The van der Waals surface area contributed by atoms with E-state index in [1.165, 1.54) is 6.39 Å². The van der Waals surface area contributed by atoms with E-state index >= 15 is 0 Å². The van der Waals surface area contributed by atoms with Gasteiger partial charge in [-0.3, -0.25) is 0 Å². The van der Waals surface area contributed by atoms with Crippen molar-refractivity contribution in [1.82, 2.24) is 4.98 Å². The molecule has 0 spiro atoms. The van der Waals surface area contributed by atoms with Crippen LogP contribution in [0.1, 0.15) is 5.76 Å². The molecule has 0 unspecified atom stereocenters. The maximum atomic E-state index is 5.20. The SMILES string of the molecule is NC/C=C/c1cnco1. The predicted octanol–water partition coefficient (Wildman–Crippen LogP) is 0.647. The number of hydrogen-bond donors (Lipinski definition) is 1. The molecule has 3 nitrogen and oxygen atoms in total. The number of aromatic nitrogens is 1. The van der Waals surface area contributed by atoms with Crippen LogP contribution in [0.25, 0.3) is 6.08 Å². The first kappa shape index (κ1) is 6.04. The summed E-state index contributed by atoms with van der Waals surface area (Å²) in [6, 6.07) is 0. The van der Waals surface area contributed by atoms with Gasteiger partial charge in [0.05, 0.1) is 6.20 Å². The highest BCUT2D eigenvalue weighted by Crippen LogP contribution is 1.97. The average Bonchev–Trinajstić information content (AvgIpc) is 2.34. The topological polar surface area (TPSA) is 52.0 Å². The normalized spacial score (nSPS) is 10.8. The minimum atomic E-state index is 0.528. The van der Waals surface area contributed by atoms with Crippen LogP contribution in [0.3, 0.4) is 0 Å². The lowest BCUT2D eigenvalue weighted by atomic mass is 10.4. The minimum Gasteiger partial charge on any atom is -0.444 e. The van der Waals surface area contributed by atoms with Crippen LogP contribution in [-0.4, -0.2) is 11.5 Å². The van der Waals surface area contributed by atoms with Crippen molar-refractivity contribution in [3.05, 3.63) is 24.4 Å². The molecular weight excluding hydrogens is 116 g/mol. The summed E-state index contributed by atoms with van der Waals surface area (Å²) in [7, 11) is 0. The van der Waals surface area contributed by atoms with Gasteiger partial charge in [0.2, 0.25) is 0 Å². The van der Waals surface area contributed by atoms with Crippen LogP contribution < -0.4 is 5.73 Å². The van der Waals surface area contributed by atoms with Gasteiger partial charge in [0.25, 0.3) is 0 Å². The van der Waals surface area contributed by atoms with E-state index in [0.717, 1.165) is 5.76 Å². The van der Waals surface area contributed by atoms with Crippen LogP contribution in [0.15, 0.2) is 23.1 Å². The van der Waals surface area contributed by atoms with E-state index in [9.17, 15) is 0 Å². The minimum absolute atomic E-state index is 0.528. The Balaban J connectivity index is 2.57. The molecule has 0 bridgehead atoms. The molecule has 2 N–H and O–H groups in total. The number of nitrogens with two attached hydrogens (primary N) is 1. The Morgan fingerprint density at radius 1 is 1.78 bits per heavy atom. The third-order valence-corrected chi connectivity index (χ3v) is 0.870. The Bertz CT molecular complexity index is 179. The van der Waals surface area contributed by atoms with Crippen molar-refractivity contribution in [1.29, 1.82) is 0 Å². The fraction of sp³-hybridized carbons (Fsp3) is 0.167. The van der Waals surface area contributed by atoms with Crippen molar-refractivity contribution < 1.29 is 4.42 Å². The zero-order valence-electron chi connectivity index (χ0n) is 4.95. The smallest absolute Gasteiger partial charge is 0.181 e. The van der Waals surface area contributed by atoms with Crippen molar-refractivity contribution in [3.63, 3.8) is 0 Å². The van der Waals surface area contributed by atoms with Gasteiger partial charge in [0, 0.05) is 6.54 Å². The molecular formula is C6H8N2O. The quantitative estimate of drug-likeness (QED) is 0.629. The third-order valence-electron chi connectivity index (χ3n) is 0.870. The lowest BCUT2D eigenvalue weighted by molar-refractivity contribution is 0.548. The Labute approximate surface area is 53.2 Å². The lowest BCUT2D eigenvalue weighted by Crippen LogP contribution is -1.91. The standard InChI is InChI=1S/C6H8N2O/c7-3-1-2-6-4-8-5-9-6/h1-2,4-5H,3,7H2/b2-1+. The first-order valence-corrected chi connectivity index (χ1v) is 2.68. The number of hydrogen-bond acceptors (Lipinski definition) is 3. The summed E-state index contributed by atoms with van der Waals surface area (Å²) in [5.74, 6) is 0.737. The second kappa shape index (κ2) is 3.04. The Morgan fingerprint density at radius 2 is 2.67 bits per heavy atom. The van der Waals surface area contributed by atoms with Crippen molar-refractivity contribution in [2.24, 2.45) is 5.73 Å². The van der Waals surface area contributed by atoms with E-state index in [0.29, 0.717) is 6.54 Å². The fourth-order valence-corrected chi connectivity index (χ4v) is 0.492. The van der Waals surface area contributed by atoms with E-state index in [2.05, 4.69) is 4.98 Å². The van der Waals surface area contributed by atoms with Gasteiger partial charge in [-0.2, -0.15) is 0 Å². The van der Waals surface area contributed by atoms with Gasteiger partial charge >= 0.3 is 0 Å². The van der Waals surface area contributed by atoms with Gasteiger partial charge < -0.3 is 10.2 Å². The second-order valence-electron chi connectivity index (χ2n) is 1.54. The predicted molar refractivity (Wildman–Crippen MR) is 34.6 cm³/mol. The number of rotatable bonds is 2. The van der Waals surface area contributed by atoms with Gasteiger partial charge in [-0.05, 0) is 6.08 Å². The molecule has 9 heavy (non-hydrogen) atoms. The van der Waals surface area contributed by atoms with Crippen molar-refractivity contribution in [2.45, 2.75) is 0 Å². The maximum Gasteiger partial charge on any atom is 0.181 e. The third kappa shape index (κ3) is 1.70. The van der Waals surface area contributed by atoms with E-state index in [-0.39, 0.29) is 0 Å². The van der Waals surface area contributed by atoms with E-state index < -0.39 is 0 Å². The molecule has 1 heterocycles. The molecule has 0 aliphatic rings. The Kier molecular flexibility index (Phi) is 2.04. The van der Waals surface area contributed by atoms with Crippen LogP contribution in [-0.2, 0) is 0 Å². The molecule has 0 saturated heterocycles. The molecule has 0 amide bonds. The highest BCUT2D eigenvalue weighted by Gasteiger charge is 1.84. The highest BCUT2D eigenvalue weighted by atomic mass is 16.3. The molecule has 0 atom stereocenters. The van der Waals surface area contributed by atoms with Gasteiger partial charge in [-0.15, -0.1) is 0 Å².